The van der Waals surface area contributed by atoms with Crippen molar-refractivity contribution in [2.75, 3.05) is 36.4 Å². The summed E-state index contributed by atoms with van der Waals surface area (Å²) < 4.78 is 29.6. The minimum absolute atomic E-state index is 0.149. The van der Waals surface area contributed by atoms with Crippen molar-refractivity contribution in [3.05, 3.63) is 71.6 Å². The van der Waals surface area contributed by atoms with E-state index in [-0.39, 0.29) is 17.4 Å². The van der Waals surface area contributed by atoms with E-state index in [0.29, 0.717) is 41.5 Å². The molecule has 2 saturated heterocycles. The van der Waals surface area contributed by atoms with Gasteiger partial charge in [-0.1, -0.05) is 12.5 Å². The fourth-order valence-corrected chi connectivity index (χ4v) is 5.61. The molecule has 0 atom stereocenters. The number of aromatic nitrogens is 3. The molecule has 10 heteroatoms. The molecule has 6 rings (SSSR count). The molecule has 0 bridgehead atoms. The van der Waals surface area contributed by atoms with Gasteiger partial charge in [0.25, 0.3) is 5.91 Å². The highest BCUT2D eigenvalue weighted by molar-refractivity contribution is 6.11. The van der Waals surface area contributed by atoms with E-state index >= 15 is 0 Å². The highest BCUT2D eigenvalue weighted by Gasteiger charge is 2.21. The average Bonchev–Trinajstić information content (AvgIpc) is 3.40. The Labute approximate surface area is 231 Å². The molecule has 0 unspecified atom stereocenters. The first-order valence-corrected chi connectivity index (χ1v) is 13.8. The summed E-state index contributed by atoms with van der Waals surface area (Å²) in [5.74, 6) is -1.45. The Bertz CT molecular complexity index is 1510. The highest BCUT2D eigenvalue weighted by atomic mass is 19.2. The molecule has 208 valence electrons. The van der Waals surface area contributed by atoms with Crippen LogP contribution in [-0.2, 0) is 6.54 Å². The van der Waals surface area contributed by atoms with Crippen LogP contribution >= 0.6 is 0 Å². The van der Waals surface area contributed by atoms with Gasteiger partial charge < -0.3 is 15.3 Å². The fraction of sp³-hybridized carbons (Fsp3) is 0.367. The van der Waals surface area contributed by atoms with Gasteiger partial charge in [0.1, 0.15) is 5.82 Å². The van der Waals surface area contributed by atoms with Gasteiger partial charge in [-0.05, 0) is 86.3 Å². The Hall–Kier alpha value is -3.89. The second-order valence-electron chi connectivity index (χ2n) is 10.7. The molecule has 1 amide bonds. The van der Waals surface area contributed by atoms with Crippen molar-refractivity contribution in [1.82, 2.24) is 20.1 Å². The molecule has 40 heavy (non-hydrogen) atoms. The quantitative estimate of drug-likeness (QED) is 0.311. The molecule has 2 aromatic heterocycles. The van der Waals surface area contributed by atoms with Crippen LogP contribution in [0.1, 0.15) is 48.2 Å². The maximum Gasteiger partial charge on any atom is 0.276 e. The van der Waals surface area contributed by atoms with Crippen LogP contribution in [-0.4, -0.2) is 63.4 Å². The van der Waals surface area contributed by atoms with E-state index in [4.69, 9.17) is 0 Å². The van der Waals surface area contributed by atoms with Crippen molar-refractivity contribution in [2.45, 2.75) is 44.8 Å². The second-order valence-corrected chi connectivity index (χ2v) is 10.7. The van der Waals surface area contributed by atoms with E-state index in [9.17, 15) is 18.7 Å². The number of carbonyl (C=O) groups excluding carboxylic acids is 1. The summed E-state index contributed by atoms with van der Waals surface area (Å²) in [4.78, 5) is 22.0. The average molecular weight is 547 g/mol. The Balaban J connectivity index is 1.22. The Morgan fingerprint density at radius 1 is 1.02 bits per heavy atom. The van der Waals surface area contributed by atoms with Gasteiger partial charge in [-0.2, -0.15) is 5.10 Å². The van der Waals surface area contributed by atoms with Crippen molar-refractivity contribution in [3.8, 4) is 11.1 Å². The van der Waals surface area contributed by atoms with Crippen molar-refractivity contribution in [3.63, 3.8) is 0 Å². The summed E-state index contributed by atoms with van der Waals surface area (Å²) >= 11 is 0. The molecule has 0 aliphatic carbocycles. The number of aromatic amines is 1. The lowest BCUT2D eigenvalue weighted by Crippen LogP contribution is -2.36. The van der Waals surface area contributed by atoms with Crippen LogP contribution in [0, 0.1) is 11.6 Å². The normalized spacial score (nSPS) is 16.9. The molecular weight excluding hydrogens is 514 g/mol. The van der Waals surface area contributed by atoms with Gasteiger partial charge in [-0.15, -0.1) is 0 Å². The molecule has 4 aromatic rings. The first-order valence-electron chi connectivity index (χ1n) is 13.8. The van der Waals surface area contributed by atoms with Crippen LogP contribution in [0.5, 0.6) is 0 Å². The molecule has 3 N–H and O–H groups in total. The van der Waals surface area contributed by atoms with Gasteiger partial charge in [0.05, 0.1) is 23.5 Å². The third-order valence-electron chi connectivity index (χ3n) is 7.83. The van der Waals surface area contributed by atoms with E-state index in [1.54, 1.807) is 36.5 Å². The smallest absolute Gasteiger partial charge is 0.276 e. The number of hydrogen-bond donors (Lipinski definition) is 3. The maximum absolute atomic E-state index is 15.0. The first-order chi connectivity index (χ1) is 19.4. The van der Waals surface area contributed by atoms with E-state index < -0.39 is 17.5 Å². The molecule has 0 saturated carbocycles. The summed E-state index contributed by atoms with van der Waals surface area (Å²) in [6.07, 6.45) is 6.15. The number of H-pyrrole nitrogens is 1. The van der Waals surface area contributed by atoms with Gasteiger partial charge >= 0.3 is 0 Å². The number of pyridine rings is 1. The van der Waals surface area contributed by atoms with Gasteiger partial charge in [0.15, 0.2) is 17.3 Å². The number of amides is 1. The highest BCUT2D eigenvalue weighted by Crippen LogP contribution is 2.31. The zero-order valence-electron chi connectivity index (χ0n) is 22.2. The Kier molecular flexibility index (Phi) is 7.44. The van der Waals surface area contributed by atoms with Crippen LogP contribution in [0.2, 0.25) is 0 Å². The molecule has 2 aliphatic rings. The Morgan fingerprint density at radius 2 is 1.82 bits per heavy atom. The van der Waals surface area contributed by atoms with E-state index in [2.05, 4.69) is 30.3 Å². The summed E-state index contributed by atoms with van der Waals surface area (Å²) in [6.45, 7) is 3.93. The number of aliphatic hydroxyl groups is 1. The number of nitrogens with one attached hydrogen (secondary N) is 2. The summed E-state index contributed by atoms with van der Waals surface area (Å²) in [5, 5.41) is 20.1. The predicted octanol–water partition coefficient (Wildman–Crippen LogP) is 5.10. The molecule has 2 fully saturated rings. The summed E-state index contributed by atoms with van der Waals surface area (Å²) in [5.41, 5.74) is 2.62. The third-order valence-corrected chi connectivity index (χ3v) is 7.83. The molecule has 2 aromatic carbocycles. The van der Waals surface area contributed by atoms with Crippen LogP contribution < -0.4 is 10.2 Å². The number of anilines is 2. The van der Waals surface area contributed by atoms with Crippen molar-refractivity contribution >= 4 is 28.3 Å². The number of halogens is 2. The lowest BCUT2D eigenvalue weighted by Gasteiger charge is -2.30. The number of benzene rings is 2. The molecule has 0 spiro atoms. The van der Waals surface area contributed by atoms with Crippen LogP contribution in [0.25, 0.3) is 22.0 Å². The van der Waals surface area contributed by atoms with Crippen molar-refractivity contribution in [1.29, 1.82) is 0 Å². The molecular formula is C30H32F2N6O2. The topological polar surface area (TPSA) is 97.4 Å². The Morgan fingerprint density at radius 3 is 2.58 bits per heavy atom. The van der Waals surface area contributed by atoms with Crippen molar-refractivity contribution < 1.29 is 18.7 Å². The number of fused-ring (bicyclic) bond motifs is 1. The molecule has 2 aliphatic heterocycles. The lowest BCUT2D eigenvalue weighted by atomic mass is 9.99. The SMILES string of the molecule is O=C(Nc1ccc(N2CCC(O)CC2)nc1)c1n[nH]c2ccc(-c3cc(CN4CCCCC4)cc(F)c3F)cc12. The monoisotopic (exact) mass is 546 g/mol. The summed E-state index contributed by atoms with van der Waals surface area (Å²) in [7, 11) is 0. The van der Waals surface area contributed by atoms with Gasteiger partial charge in [0.2, 0.25) is 0 Å². The van der Waals surface area contributed by atoms with Crippen LogP contribution in [0.4, 0.5) is 20.3 Å². The number of nitrogens with zero attached hydrogens (tertiary/aromatic N) is 4. The number of carbonyl (C=O) groups is 1. The van der Waals surface area contributed by atoms with Crippen LogP contribution in [0.15, 0.2) is 48.7 Å². The minimum Gasteiger partial charge on any atom is -0.393 e. The van der Waals surface area contributed by atoms with Gasteiger partial charge in [-0.3, -0.25) is 14.8 Å². The first kappa shape index (κ1) is 26.3. The third kappa shape index (κ3) is 5.55. The van der Waals surface area contributed by atoms with Gasteiger partial charge in [0, 0.05) is 30.6 Å². The predicted molar refractivity (Wildman–Crippen MR) is 150 cm³/mol. The lowest BCUT2D eigenvalue weighted by molar-refractivity contribution is 0.102. The van der Waals surface area contributed by atoms with Crippen molar-refractivity contribution in [2.24, 2.45) is 0 Å². The molecule has 4 heterocycles. The van der Waals surface area contributed by atoms with Gasteiger partial charge in [-0.25, -0.2) is 13.8 Å². The molecule has 0 radical (unpaired) electrons. The minimum atomic E-state index is -0.911. The molecule has 8 nitrogen and oxygen atoms in total. The fourth-order valence-electron chi connectivity index (χ4n) is 5.61. The number of rotatable bonds is 6. The maximum atomic E-state index is 15.0. The summed E-state index contributed by atoms with van der Waals surface area (Å²) in [6, 6.07) is 11.7. The largest absolute Gasteiger partial charge is 0.393 e. The van der Waals surface area contributed by atoms with Crippen LogP contribution in [0.3, 0.4) is 0 Å². The second kappa shape index (κ2) is 11.3. The van der Waals surface area contributed by atoms with E-state index in [1.165, 1.54) is 12.5 Å². The zero-order valence-corrected chi connectivity index (χ0v) is 22.2. The number of piperidine rings is 2. The number of likely N-dealkylation sites (tertiary alicyclic amines) is 1. The van der Waals surface area contributed by atoms with E-state index in [1.807, 2.05) is 6.07 Å². The van der Waals surface area contributed by atoms with E-state index in [0.717, 1.165) is 50.4 Å². The number of hydrogen-bond acceptors (Lipinski definition) is 6. The zero-order chi connectivity index (χ0) is 27.6. The number of aliphatic hydroxyl groups excluding tert-OH is 1. The standard InChI is InChI=1S/C30H32F2N6O2/c31-25-15-19(18-37-10-2-1-3-11-37)14-23(28(25)32)20-4-6-26-24(16-20)29(36-35-26)30(40)34-21-5-7-27(33-17-21)38-12-8-22(39)9-13-38/h4-7,14-17,22,39H,1-3,8-13,18H2,(H,34,40)(H,35,36).